The van der Waals surface area contributed by atoms with Crippen molar-refractivity contribution < 1.29 is 28.0 Å². The van der Waals surface area contributed by atoms with Crippen LogP contribution >= 0.6 is 0 Å². The zero-order valence-corrected chi connectivity index (χ0v) is 23.7. The lowest BCUT2D eigenvalue weighted by atomic mass is 9.77. The number of rotatable bonds is 10. The number of amides is 1. The predicted molar refractivity (Wildman–Crippen MR) is 155 cm³/mol. The third-order valence-electron chi connectivity index (χ3n) is 7.88. The van der Waals surface area contributed by atoms with Crippen LogP contribution in [0.4, 0.5) is 11.4 Å². The fraction of sp³-hybridized carbons (Fsp3) is 0.310. The first-order valence-corrected chi connectivity index (χ1v) is 15.0. The van der Waals surface area contributed by atoms with Crippen LogP contribution in [0, 0.1) is 16.0 Å². The Morgan fingerprint density at radius 2 is 2.00 bits per heavy atom. The molecular formula is C29H31N5O7S. The Kier molecular flexibility index (Phi) is 7.89. The number of primary amides is 1. The minimum Gasteiger partial charge on any atom is -0.453 e. The molecule has 5 rings (SSSR count). The highest BCUT2D eigenvalue weighted by Crippen LogP contribution is 2.39. The van der Waals surface area contributed by atoms with Gasteiger partial charge in [0.15, 0.2) is 5.75 Å². The van der Waals surface area contributed by atoms with Gasteiger partial charge in [0.2, 0.25) is 9.84 Å². The van der Waals surface area contributed by atoms with E-state index in [2.05, 4.69) is 15.3 Å². The number of nitrogens with two attached hydrogens (primary N) is 1. The highest BCUT2D eigenvalue weighted by atomic mass is 32.2. The van der Waals surface area contributed by atoms with Crippen molar-refractivity contribution in [1.82, 2.24) is 9.97 Å². The number of aromatic nitrogens is 2. The second-order valence-corrected chi connectivity index (χ2v) is 12.4. The summed E-state index contributed by atoms with van der Waals surface area (Å²) in [4.78, 5) is 30.0. The number of pyridine rings is 1. The maximum Gasteiger partial charge on any atom is 0.293 e. The Balaban J connectivity index is 1.46. The van der Waals surface area contributed by atoms with Crippen molar-refractivity contribution >= 4 is 38.2 Å². The van der Waals surface area contributed by atoms with Crippen LogP contribution in [-0.2, 0) is 9.84 Å². The molecule has 220 valence electrons. The number of carbonyl (C=O) groups is 1. The van der Waals surface area contributed by atoms with Gasteiger partial charge in [-0.25, -0.2) is 13.4 Å². The number of carbonyl (C=O) groups excluding carboxylic acids is 1. The molecule has 1 amide bonds. The Bertz CT molecular complexity index is 1760. The Morgan fingerprint density at radius 3 is 2.69 bits per heavy atom. The number of aromatic amines is 1. The van der Waals surface area contributed by atoms with Gasteiger partial charge in [-0.05, 0) is 74.4 Å². The summed E-state index contributed by atoms with van der Waals surface area (Å²) in [5, 5.41) is 26.3. The molecule has 1 fully saturated rings. The number of fused-ring (bicyclic) bond motifs is 1. The molecule has 1 aliphatic carbocycles. The van der Waals surface area contributed by atoms with E-state index in [0.29, 0.717) is 36.8 Å². The molecule has 2 heterocycles. The van der Waals surface area contributed by atoms with Gasteiger partial charge in [-0.15, -0.1) is 0 Å². The Hall–Kier alpha value is -4.49. The van der Waals surface area contributed by atoms with E-state index in [9.17, 15) is 28.4 Å². The number of nitro benzene ring substituents is 1. The van der Waals surface area contributed by atoms with E-state index in [-0.39, 0.29) is 38.5 Å². The molecular weight excluding hydrogens is 562 g/mol. The number of hydrogen-bond acceptors (Lipinski definition) is 9. The van der Waals surface area contributed by atoms with E-state index in [1.165, 1.54) is 36.5 Å². The van der Waals surface area contributed by atoms with Gasteiger partial charge in [0.1, 0.15) is 22.0 Å². The maximum absolute atomic E-state index is 13.9. The van der Waals surface area contributed by atoms with Crippen LogP contribution in [0.2, 0.25) is 0 Å². The van der Waals surface area contributed by atoms with Gasteiger partial charge < -0.3 is 25.9 Å². The average Bonchev–Trinajstić information content (AvgIpc) is 3.45. The van der Waals surface area contributed by atoms with E-state index in [1.54, 1.807) is 18.3 Å². The second kappa shape index (κ2) is 11.4. The van der Waals surface area contributed by atoms with Gasteiger partial charge >= 0.3 is 0 Å². The Morgan fingerprint density at radius 1 is 1.24 bits per heavy atom. The summed E-state index contributed by atoms with van der Waals surface area (Å²) in [7, 11) is -4.42. The first-order chi connectivity index (χ1) is 20.0. The lowest BCUT2D eigenvalue weighted by Gasteiger charge is -2.35. The molecule has 1 aliphatic rings. The van der Waals surface area contributed by atoms with E-state index >= 15 is 0 Å². The fourth-order valence-electron chi connectivity index (χ4n) is 5.25. The van der Waals surface area contributed by atoms with Crippen molar-refractivity contribution in [3.63, 3.8) is 0 Å². The van der Waals surface area contributed by atoms with Gasteiger partial charge in [-0.3, -0.25) is 14.9 Å². The van der Waals surface area contributed by atoms with Crippen LogP contribution in [0.25, 0.3) is 11.0 Å². The normalized spacial score (nSPS) is 19.0. The summed E-state index contributed by atoms with van der Waals surface area (Å²) in [5.74, 6) is -0.840. The zero-order valence-electron chi connectivity index (χ0n) is 22.9. The summed E-state index contributed by atoms with van der Waals surface area (Å²) in [5.41, 5.74) is 5.08. The fourth-order valence-corrected chi connectivity index (χ4v) is 6.67. The maximum atomic E-state index is 13.9. The van der Waals surface area contributed by atoms with Gasteiger partial charge in [0.05, 0.1) is 27.2 Å². The summed E-state index contributed by atoms with van der Waals surface area (Å²) in [6, 6.07) is 10.9. The first-order valence-electron chi connectivity index (χ1n) is 13.5. The number of nitrogens with zero attached hydrogens (tertiary/aromatic N) is 2. The Labute approximate surface area is 242 Å². The number of H-pyrrole nitrogens is 1. The van der Waals surface area contributed by atoms with Gasteiger partial charge in [0.25, 0.3) is 11.6 Å². The van der Waals surface area contributed by atoms with Crippen molar-refractivity contribution in [2.45, 2.75) is 54.4 Å². The number of anilines is 1. The van der Waals surface area contributed by atoms with Crippen molar-refractivity contribution in [3.05, 3.63) is 76.6 Å². The number of ether oxygens (including phenoxy) is 1. The van der Waals surface area contributed by atoms with Crippen LogP contribution in [0.1, 0.15) is 49.4 Å². The molecule has 0 spiro atoms. The molecule has 2 aromatic heterocycles. The molecule has 4 aromatic rings. The molecule has 13 heteroatoms. The van der Waals surface area contributed by atoms with Crippen molar-refractivity contribution in [2.75, 3.05) is 11.9 Å². The van der Waals surface area contributed by atoms with Crippen molar-refractivity contribution in [3.8, 4) is 11.5 Å². The number of hydrogen-bond donors (Lipinski definition) is 4. The predicted octanol–water partition coefficient (Wildman–Crippen LogP) is 4.94. The minimum atomic E-state index is -4.42. The van der Waals surface area contributed by atoms with Crippen LogP contribution in [-0.4, -0.2) is 46.5 Å². The SMILES string of the molecule is CCC1(O)CCC(CNc2ccc(S(=O)(=O)c3cccc(C(N)=O)c3Oc3cnc4[nH]ccc4c3)cc2[N+](=O)[O-])CC1. The highest BCUT2D eigenvalue weighted by molar-refractivity contribution is 7.91. The third kappa shape index (κ3) is 5.78. The number of nitrogens with one attached hydrogen (secondary N) is 2. The van der Waals surface area contributed by atoms with Gasteiger partial charge in [0, 0.05) is 24.2 Å². The van der Waals surface area contributed by atoms with E-state index in [4.69, 9.17) is 10.5 Å². The zero-order chi connectivity index (χ0) is 30.1. The quantitative estimate of drug-likeness (QED) is 0.146. The molecule has 0 atom stereocenters. The average molecular weight is 594 g/mol. The molecule has 0 radical (unpaired) electrons. The van der Waals surface area contributed by atoms with Gasteiger partial charge in [-0.1, -0.05) is 13.0 Å². The molecule has 0 unspecified atom stereocenters. The summed E-state index contributed by atoms with van der Waals surface area (Å²) < 4.78 is 33.6. The smallest absolute Gasteiger partial charge is 0.293 e. The summed E-state index contributed by atoms with van der Waals surface area (Å²) >= 11 is 0. The molecule has 0 bridgehead atoms. The molecule has 12 nitrogen and oxygen atoms in total. The molecule has 0 saturated heterocycles. The molecule has 0 aliphatic heterocycles. The van der Waals surface area contributed by atoms with E-state index in [1.807, 2.05) is 6.92 Å². The number of aliphatic hydroxyl groups is 1. The first kappa shape index (κ1) is 29.0. The second-order valence-electron chi connectivity index (χ2n) is 10.5. The lowest BCUT2D eigenvalue weighted by molar-refractivity contribution is -0.384. The monoisotopic (exact) mass is 593 g/mol. The van der Waals surface area contributed by atoms with E-state index in [0.717, 1.165) is 18.9 Å². The van der Waals surface area contributed by atoms with Crippen LogP contribution in [0.3, 0.4) is 0 Å². The highest BCUT2D eigenvalue weighted by Gasteiger charge is 2.32. The summed E-state index contributed by atoms with van der Waals surface area (Å²) in [6.07, 6.45) is 6.63. The number of sulfone groups is 1. The third-order valence-corrected chi connectivity index (χ3v) is 9.66. The largest absolute Gasteiger partial charge is 0.453 e. The molecule has 1 saturated carbocycles. The standard InChI is InChI=1S/C29H31N5O7S/c1-2-29(36)11-8-18(9-12-29)16-32-23-7-6-21(15-24(23)34(37)38)42(39,40)25-5-3-4-22(27(30)35)26(25)41-20-14-19-10-13-31-28(19)33-17-20/h3-7,10,13-15,17-18,32,36H,2,8-9,11-12,16H2,1H3,(H2,30,35)(H,31,33). The number of benzene rings is 2. The van der Waals surface area contributed by atoms with Crippen LogP contribution in [0.15, 0.2) is 70.7 Å². The number of nitro groups is 1. The number of para-hydroxylation sites is 1. The topological polar surface area (TPSA) is 191 Å². The van der Waals surface area contributed by atoms with Crippen molar-refractivity contribution in [1.29, 1.82) is 0 Å². The molecule has 2 aromatic carbocycles. The van der Waals surface area contributed by atoms with Gasteiger partial charge in [-0.2, -0.15) is 0 Å². The minimum absolute atomic E-state index is 0.165. The summed E-state index contributed by atoms with van der Waals surface area (Å²) in [6.45, 7) is 2.40. The van der Waals surface area contributed by atoms with Crippen molar-refractivity contribution in [2.24, 2.45) is 11.7 Å². The van der Waals surface area contributed by atoms with E-state index < -0.39 is 32.0 Å². The molecule has 42 heavy (non-hydrogen) atoms. The lowest BCUT2D eigenvalue weighted by Crippen LogP contribution is -2.34. The molecule has 5 N–H and O–H groups in total. The van der Waals surface area contributed by atoms with Crippen LogP contribution in [0.5, 0.6) is 11.5 Å². The van der Waals surface area contributed by atoms with Crippen LogP contribution < -0.4 is 15.8 Å².